The number of benzene rings is 1. The largest absolute Gasteiger partial charge is 0.497 e. The Balaban J connectivity index is 2.13. The van der Waals surface area contributed by atoms with E-state index in [4.69, 9.17) is 4.74 Å². The van der Waals surface area contributed by atoms with E-state index in [-0.39, 0.29) is 35.6 Å². The van der Waals surface area contributed by atoms with Crippen LogP contribution in [0.5, 0.6) is 5.75 Å². The Hall–Kier alpha value is -2.57. The van der Waals surface area contributed by atoms with Gasteiger partial charge in [-0.2, -0.15) is 0 Å². The Morgan fingerprint density at radius 3 is 2.17 bits per heavy atom. The summed E-state index contributed by atoms with van der Waals surface area (Å²) < 4.78 is 5.14. The van der Waals surface area contributed by atoms with Crippen LogP contribution in [-0.4, -0.2) is 54.9 Å². The molecule has 166 valence electrons. The number of amides is 3. The molecule has 2 N–H and O–H groups in total. The number of rotatable bonds is 8. The van der Waals surface area contributed by atoms with Crippen LogP contribution in [-0.2, 0) is 9.59 Å². The Morgan fingerprint density at radius 1 is 1.07 bits per heavy atom. The molecule has 1 aliphatic heterocycles. The van der Waals surface area contributed by atoms with Gasteiger partial charge in [-0.25, -0.2) is 0 Å². The fourth-order valence-electron chi connectivity index (χ4n) is 3.55. The third-order valence-corrected chi connectivity index (χ3v) is 5.96. The monoisotopic (exact) mass is 417 g/mol. The van der Waals surface area contributed by atoms with Crippen molar-refractivity contribution in [1.82, 2.24) is 15.5 Å². The molecular weight excluding hydrogens is 382 g/mol. The predicted octanol–water partition coefficient (Wildman–Crippen LogP) is 2.60. The molecule has 1 heterocycles. The molecule has 1 fully saturated rings. The second-order valence-corrected chi connectivity index (χ2v) is 8.29. The summed E-state index contributed by atoms with van der Waals surface area (Å²) >= 11 is 0. The maximum Gasteiger partial charge on any atom is 0.251 e. The lowest BCUT2D eigenvalue weighted by molar-refractivity contribution is -0.132. The van der Waals surface area contributed by atoms with Gasteiger partial charge in [-0.1, -0.05) is 20.8 Å². The Kier molecular flexibility index (Phi) is 8.69. The lowest BCUT2D eigenvalue weighted by Gasteiger charge is -2.36. The van der Waals surface area contributed by atoms with E-state index in [2.05, 4.69) is 10.6 Å². The highest BCUT2D eigenvalue weighted by molar-refractivity contribution is 5.97. The molecule has 2 rings (SSSR count). The summed E-state index contributed by atoms with van der Waals surface area (Å²) in [5.41, 5.74) is 0.476. The Morgan fingerprint density at radius 2 is 1.67 bits per heavy atom. The van der Waals surface area contributed by atoms with Crippen molar-refractivity contribution in [3.8, 4) is 5.75 Å². The van der Waals surface area contributed by atoms with Crippen molar-refractivity contribution in [3.63, 3.8) is 0 Å². The van der Waals surface area contributed by atoms with E-state index in [1.807, 2.05) is 32.6 Å². The van der Waals surface area contributed by atoms with Crippen molar-refractivity contribution in [2.45, 2.75) is 59.0 Å². The lowest BCUT2D eigenvalue weighted by atomic mass is 9.88. The zero-order chi connectivity index (χ0) is 22.3. The van der Waals surface area contributed by atoms with Crippen LogP contribution in [0.3, 0.4) is 0 Å². The fraction of sp³-hybridized carbons (Fsp3) is 0.609. The normalized spacial score (nSPS) is 16.7. The average molecular weight is 418 g/mol. The van der Waals surface area contributed by atoms with Gasteiger partial charge < -0.3 is 20.3 Å². The number of nitrogens with zero attached hydrogens (tertiary/aromatic N) is 1. The first-order chi connectivity index (χ1) is 14.3. The van der Waals surface area contributed by atoms with Gasteiger partial charge in [0, 0.05) is 31.1 Å². The summed E-state index contributed by atoms with van der Waals surface area (Å²) in [5.74, 6) is 0.605. The molecule has 1 aliphatic rings. The molecule has 0 bridgehead atoms. The van der Waals surface area contributed by atoms with Gasteiger partial charge in [0.25, 0.3) is 5.91 Å². The minimum atomic E-state index is -0.639. The number of carbonyl (C=O) groups is 3. The number of hydrogen-bond acceptors (Lipinski definition) is 4. The van der Waals surface area contributed by atoms with Crippen LogP contribution in [0.15, 0.2) is 24.3 Å². The molecule has 1 aromatic carbocycles. The van der Waals surface area contributed by atoms with E-state index in [0.717, 1.165) is 0 Å². The van der Waals surface area contributed by atoms with Crippen molar-refractivity contribution in [2.75, 3.05) is 20.2 Å². The molecule has 0 radical (unpaired) electrons. The first kappa shape index (κ1) is 23.7. The smallest absolute Gasteiger partial charge is 0.251 e. The zero-order valence-electron chi connectivity index (χ0n) is 18.7. The van der Waals surface area contributed by atoms with Crippen molar-refractivity contribution >= 4 is 17.7 Å². The molecule has 3 amide bonds. The minimum absolute atomic E-state index is 0.000327. The molecule has 1 aromatic rings. The molecule has 7 nitrogen and oxygen atoms in total. The summed E-state index contributed by atoms with van der Waals surface area (Å²) in [4.78, 5) is 39.7. The molecule has 0 spiro atoms. The SMILES string of the molecule is CCC(=O)N1CCC(C(NC(=O)c2ccc(OC)cc2)C(=O)NC(C)C(C)C)CC1. The zero-order valence-corrected chi connectivity index (χ0v) is 18.7. The number of carbonyl (C=O) groups excluding carboxylic acids is 3. The van der Waals surface area contributed by atoms with Crippen LogP contribution in [0.1, 0.15) is 57.3 Å². The van der Waals surface area contributed by atoms with E-state index in [1.54, 1.807) is 31.4 Å². The number of likely N-dealkylation sites (tertiary alicyclic amines) is 1. The second kappa shape index (κ2) is 11.0. The topological polar surface area (TPSA) is 87.7 Å². The first-order valence-electron chi connectivity index (χ1n) is 10.8. The minimum Gasteiger partial charge on any atom is -0.497 e. The summed E-state index contributed by atoms with van der Waals surface area (Å²) in [7, 11) is 1.57. The van der Waals surface area contributed by atoms with Crippen LogP contribution < -0.4 is 15.4 Å². The first-order valence-corrected chi connectivity index (χ1v) is 10.8. The standard InChI is InChI=1S/C23H35N3O4/c1-6-20(27)26-13-11-17(12-14-26)21(23(29)24-16(4)15(2)3)25-22(28)18-7-9-19(30-5)10-8-18/h7-10,15-17,21H,6,11-14H2,1-5H3,(H,24,29)(H,25,28). The predicted molar refractivity (Wildman–Crippen MR) is 116 cm³/mol. The number of nitrogens with one attached hydrogen (secondary N) is 2. The fourth-order valence-corrected chi connectivity index (χ4v) is 3.55. The molecular formula is C23H35N3O4. The molecule has 2 unspecified atom stereocenters. The molecule has 0 aromatic heterocycles. The van der Waals surface area contributed by atoms with E-state index in [9.17, 15) is 14.4 Å². The molecule has 2 atom stereocenters. The van der Waals surface area contributed by atoms with E-state index < -0.39 is 6.04 Å². The van der Waals surface area contributed by atoms with Gasteiger partial charge >= 0.3 is 0 Å². The highest BCUT2D eigenvalue weighted by Gasteiger charge is 2.34. The van der Waals surface area contributed by atoms with E-state index in [1.165, 1.54) is 0 Å². The van der Waals surface area contributed by atoms with Gasteiger partial charge in [0.05, 0.1) is 7.11 Å². The second-order valence-electron chi connectivity index (χ2n) is 8.29. The van der Waals surface area contributed by atoms with Gasteiger partial charge in [-0.05, 0) is 55.9 Å². The van der Waals surface area contributed by atoms with E-state index in [0.29, 0.717) is 43.7 Å². The summed E-state index contributed by atoms with van der Waals surface area (Å²) in [6, 6.07) is 6.17. The van der Waals surface area contributed by atoms with Gasteiger partial charge in [0.15, 0.2) is 0 Å². The van der Waals surface area contributed by atoms with Crippen LogP contribution in [0.25, 0.3) is 0 Å². The third-order valence-electron chi connectivity index (χ3n) is 5.96. The maximum atomic E-state index is 13.1. The summed E-state index contributed by atoms with van der Waals surface area (Å²) in [6.45, 7) is 9.13. The van der Waals surface area contributed by atoms with Crippen molar-refractivity contribution in [1.29, 1.82) is 0 Å². The molecule has 30 heavy (non-hydrogen) atoms. The van der Waals surface area contributed by atoms with Crippen molar-refractivity contribution in [3.05, 3.63) is 29.8 Å². The Bertz CT molecular complexity index is 724. The number of hydrogen-bond donors (Lipinski definition) is 2. The lowest BCUT2D eigenvalue weighted by Crippen LogP contribution is -2.55. The number of methoxy groups -OCH3 is 1. The number of ether oxygens (including phenoxy) is 1. The van der Waals surface area contributed by atoms with Crippen LogP contribution in [0.4, 0.5) is 0 Å². The molecule has 7 heteroatoms. The highest BCUT2D eigenvalue weighted by atomic mass is 16.5. The van der Waals surface area contributed by atoms with Gasteiger partial charge in [-0.3, -0.25) is 14.4 Å². The molecule has 0 aliphatic carbocycles. The molecule has 0 saturated carbocycles. The molecule has 1 saturated heterocycles. The summed E-state index contributed by atoms with van der Waals surface area (Å²) in [5, 5.41) is 5.99. The van der Waals surface area contributed by atoms with E-state index >= 15 is 0 Å². The van der Waals surface area contributed by atoms with Gasteiger partial charge in [0.2, 0.25) is 11.8 Å². The van der Waals surface area contributed by atoms with Gasteiger partial charge in [-0.15, -0.1) is 0 Å². The van der Waals surface area contributed by atoms with Crippen molar-refractivity contribution in [2.24, 2.45) is 11.8 Å². The van der Waals surface area contributed by atoms with Gasteiger partial charge in [0.1, 0.15) is 11.8 Å². The number of piperidine rings is 1. The third kappa shape index (κ3) is 6.21. The van der Waals surface area contributed by atoms with Crippen LogP contribution in [0, 0.1) is 11.8 Å². The van der Waals surface area contributed by atoms with Crippen molar-refractivity contribution < 1.29 is 19.1 Å². The quantitative estimate of drug-likeness (QED) is 0.681. The van der Waals surface area contributed by atoms with Crippen LogP contribution in [0.2, 0.25) is 0 Å². The maximum absolute atomic E-state index is 13.1. The average Bonchev–Trinajstić information content (AvgIpc) is 2.76. The van der Waals surface area contributed by atoms with Crippen LogP contribution >= 0.6 is 0 Å². The highest BCUT2D eigenvalue weighted by Crippen LogP contribution is 2.23. The Labute approximate surface area is 179 Å². The summed E-state index contributed by atoms with van der Waals surface area (Å²) in [6.07, 6.45) is 1.85.